The highest BCUT2D eigenvalue weighted by molar-refractivity contribution is 6.32. The van der Waals surface area contributed by atoms with E-state index in [0.717, 1.165) is 72.2 Å². The van der Waals surface area contributed by atoms with Gasteiger partial charge < -0.3 is 13.9 Å². The molecule has 3 nitrogen and oxygen atoms in total. The van der Waals surface area contributed by atoms with Gasteiger partial charge >= 0.3 is 0 Å². The fraction of sp³-hybridized carbons (Fsp3) is 0. The number of nitrogens with zero attached hydrogens (tertiary/aromatic N) is 2. The van der Waals surface area contributed by atoms with Crippen molar-refractivity contribution in [3.05, 3.63) is 206 Å². The van der Waals surface area contributed by atoms with Crippen LogP contribution in [0.25, 0.3) is 82.5 Å². The van der Waals surface area contributed by atoms with Crippen molar-refractivity contribution >= 4 is 71.6 Å². The van der Waals surface area contributed by atoms with E-state index in [9.17, 15) is 0 Å². The minimum atomic E-state index is 0.890. The number of benzene rings is 9. The molecule has 55 heavy (non-hydrogen) atoms. The zero-order valence-corrected chi connectivity index (χ0v) is 29.9. The lowest BCUT2D eigenvalue weighted by atomic mass is 9.96. The maximum absolute atomic E-state index is 6.87. The first kappa shape index (κ1) is 31.2. The first-order valence-electron chi connectivity index (χ1n) is 18.8. The highest BCUT2D eigenvalue weighted by Crippen LogP contribution is 2.47. The molecular weight excluding hydrogens is 669 g/mol. The van der Waals surface area contributed by atoms with E-state index in [1.54, 1.807) is 0 Å². The first-order valence-corrected chi connectivity index (χ1v) is 18.8. The van der Waals surface area contributed by atoms with Gasteiger partial charge in [0, 0.05) is 44.5 Å². The van der Waals surface area contributed by atoms with Crippen molar-refractivity contribution in [2.45, 2.75) is 0 Å². The molecule has 2 heterocycles. The highest BCUT2D eigenvalue weighted by Gasteiger charge is 2.24. The number of hydrogen-bond donors (Lipinski definition) is 0. The molecule has 0 radical (unpaired) electrons. The molecule has 0 amide bonds. The number of fused-ring (bicyclic) bond motifs is 9. The van der Waals surface area contributed by atoms with Crippen LogP contribution in [-0.4, -0.2) is 4.57 Å². The van der Waals surface area contributed by atoms with Crippen LogP contribution in [0.2, 0.25) is 0 Å². The molecule has 11 aromatic rings. The zero-order chi connectivity index (χ0) is 36.3. The summed E-state index contributed by atoms with van der Waals surface area (Å²) in [4.78, 5) is 2.31. The summed E-state index contributed by atoms with van der Waals surface area (Å²) in [5.74, 6) is 0. The Bertz CT molecular complexity index is 3120. The molecule has 0 atom stereocenters. The molecule has 0 bridgehead atoms. The number of anilines is 3. The molecule has 0 N–H and O–H groups in total. The van der Waals surface area contributed by atoms with Crippen LogP contribution in [-0.2, 0) is 0 Å². The van der Waals surface area contributed by atoms with Crippen LogP contribution in [0.15, 0.2) is 211 Å². The van der Waals surface area contributed by atoms with E-state index in [1.165, 1.54) is 27.3 Å². The van der Waals surface area contributed by atoms with E-state index in [1.807, 2.05) is 0 Å². The largest absolute Gasteiger partial charge is 0.455 e. The SMILES string of the molecule is c1ccc(-c2ccc(-n3c4ccc5ccccc5c4c4c5oc6ccccc6c5cc(-c5ccc(N(c6ccccc6)c6ccccc6)cc5)c43)cc2)cc1. The third-order valence-corrected chi connectivity index (χ3v) is 11.0. The summed E-state index contributed by atoms with van der Waals surface area (Å²) in [6, 6.07) is 73.7. The normalized spacial score (nSPS) is 11.6. The predicted molar refractivity (Wildman–Crippen MR) is 231 cm³/mol. The summed E-state index contributed by atoms with van der Waals surface area (Å²) in [6.45, 7) is 0. The van der Waals surface area contributed by atoms with Gasteiger partial charge in [0.05, 0.1) is 16.4 Å². The van der Waals surface area contributed by atoms with Gasteiger partial charge in [0.25, 0.3) is 0 Å². The van der Waals surface area contributed by atoms with Crippen LogP contribution in [0, 0.1) is 0 Å². The van der Waals surface area contributed by atoms with Crippen molar-refractivity contribution in [2.24, 2.45) is 0 Å². The van der Waals surface area contributed by atoms with Gasteiger partial charge in [-0.25, -0.2) is 0 Å². The Hall–Kier alpha value is -7.36. The van der Waals surface area contributed by atoms with Gasteiger partial charge in [0.1, 0.15) is 11.2 Å². The molecular formula is C52H34N2O. The molecule has 0 fully saturated rings. The lowest BCUT2D eigenvalue weighted by molar-refractivity contribution is 0.673. The van der Waals surface area contributed by atoms with Gasteiger partial charge in [-0.05, 0) is 94.2 Å². The van der Waals surface area contributed by atoms with E-state index >= 15 is 0 Å². The minimum absolute atomic E-state index is 0.890. The maximum Gasteiger partial charge on any atom is 0.145 e. The number of aromatic nitrogens is 1. The third-order valence-electron chi connectivity index (χ3n) is 11.0. The van der Waals surface area contributed by atoms with Crippen LogP contribution in [0.3, 0.4) is 0 Å². The summed E-state index contributed by atoms with van der Waals surface area (Å²) in [5.41, 5.74) is 13.2. The van der Waals surface area contributed by atoms with Gasteiger partial charge in [-0.3, -0.25) is 0 Å². The van der Waals surface area contributed by atoms with Crippen LogP contribution in [0.1, 0.15) is 0 Å². The van der Waals surface area contributed by atoms with Gasteiger partial charge in [-0.2, -0.15) is 0 Å². The van der Waals surface area contributed by atoms with Crippen molar-refractivity contribution in [3.8, 4) is 27.9 Å². The molecule has 11 rings (SSSR count). The van der Waals surface area contributed by atoms with Crippen LogP contribution in [0.4, 0.5) is 17.1 Å². The fourth-order valence-corrected chi connectivity index (χ4v) is 8.46. The van der Waals surface area contributed by atoms with Crippen LogP contribution in [0.5, 0.6) is 0 Å². The molecule has 0 aliphatic rings. The molecule has 0 aliphatic heterocycles. The monoisotopic (exact) mass is 702 g/mol. The second kappa shape index (κ2) is 12.6. The van der Waals surface area contributed by atoms with Crippen molar-refractivity contribution in [1.82, 2.24) is 4.57 Å². The molecule has 0 spiro atoms. The zero-order valence-electron chi connectivity index (χ0n) is 29.9. The van der Waals surface area contributed by atoms with E-state index in [4.69, 9.17) is 4.42 Å². The molecule has 0 saturated carbocycles. The molecule has 258 valence electrons. The number of para-hydroxylation sites is 3. The Morgan fingerprint density at radius 3 is 1.67 bits per heavy atom. The van der Waals surface area contributed by atoms with Gasteiger partial charge in [-0.15, -0.1) is 0 Å². The number of hydrogen-bond acceptors (Lipinski definition) is 2. The standard InChI is InChI=1S/C52H34N2O/c1-4-14-35(15-5-1)36-24-29-42(30-25-36)54-47-33-28-37-16-10-11-21-43(37)49(47)50-51(54)45(34-46-44-22-12-13-23-48(44)55-52(46)50)38-26-31-41(32-27-38)53(39-17-6-2-7-18-39)40-19-8-3-9-20-40/h1-34H. The van der Waals surface area contributed by atoms with Crippen molar-refractivity contribution in [2.75, 3.05) is 4.90 Å². The summed E-state index contributed by atoms with van der Waals surface area (Å²) < 4.78 is 9.31. The van der Waals surface area contributed by atoms with Gasteiger partial charge in [-0.1, -0.05) is 140 Å². The second-order valence-electron chi connectivity index (χ2n) is 14.1. The minimum Gasteiger partial charge on any atom is -0.455 e. The molecule has 3 heteroatoms. The van der Waals surface area contributed by atoms with E-state index < -0.39 is 0 Å². The molecule has 9 aromatic carbocycles. The molecule has 0 unspecified atom stereocenters. The lowest BCUT2D eigenvalue weighted by Crippen LogP contribution is -2.09. The molecule has 0 aliphatic carbocycles. The first-order chi connectivity index (χ1) is 27.3. The topological polar surface area (TPSA) is 21.3 Å². The quantitative estimate of drug-likeness (QED) is 0.172. The highest BCUT2D eigenvalue weighted by atomic mass is 16.3. The number of furan rings is 1. The van der Waals surface area contributed by atoms with Crippen molar-refractivity contribution in [3.63, 3.8) is 0 Å². The third kappa shape index (κ3) is 5.05. The van der Waals surface area contributed by atoms with Crippen LogP contribution < -0.4 is 4.90 Å². The summed E-state index contributed by atoms with van der Waals surface area (Å²) in [7, 11) is 0. The van der Waals surface area contributed by atoms with Gasteiger partial charge in [0.2, 0.25) is 0 Å². The average Bonchev–Trinajstić information content (AvgIpc) is 3.81. The maximum atomic E-state index is 6.87. The second-order valence-corrected chi connectivity index (χ2v) is 14.1. The van der Waals surface area contributed by atoms with Gasteiger partial charge in [0.15, 0.2) is 0 Å². The Morgan fingerprint density at radius 1 is 0.400 bits per heavy atom. The van der Waals surface area contributed by atoms with Crippen LogP contribution >= 0.6 is 0 Å². The number of rotatable bonds is 6. The molecule has 0 saturated heterocycles. The van der Waals surface area contributed by atoms with E-state index in [-0.39, 0.29) is 0 Å². The Labute approximate surface area is 318 Å². The molecule has 2 aromatic heterocycles. The van der Waals surface area contributed by atoms with E-state index in [2.05, 4.69) is 216 Å². The Morgan fingerprint density at radius 2 is 0.964 bits per heavy atom. The smallest absolute Gasteiger partial charge is 0.145 e. The average molecular weight is 703 g/mol. The fourth-order valence-electron chi connectivity index (χ4n) is 8.46. The Balaban J connectivity index is 1.21. The van der Waals surface area contributed by atoms with Crippen molar-refractivity contribution < 1.29 is 4.42 Å². The predicted octanol–water partition coefficient (Wildman–Crippen LogP) is 14.6. The Kier molecular flexibility index (Phi) is 7.17. The van der Waals surface area contributed by atoms with E-state index in [0.29, 0.717) is 0 Å². The summed E-state index contributed by atoms with van der Waals surface area (Å²) >= 11 is 0. The lowest BCUT2D eigenvalue weighted by Gasteiger charge is -2.25. The summed E-state index contributed by atoms with van der Waals surface area (Å²) in [6.07, 6.45) is 0. The summed E-state index contributed by atoms with van der Waals surface area (Å²) in [5, 5.41) is 6.97. The van der Waals surface area contributed by atoms with Crippen molar-refractivity contribution in [1.29, 1.82) is 0 Å².